The number of hydrogen-bond acceptors (Lipinski definition) is 4. The minimum atomic E-state index is -0.458. The van der Waals surface area contributed by atoms with Gasteiger partial charge in [0.2, 0.25) is 5.91 Å². The lowest BCUT2D eigenvalue weighted by molar-refractivity contribution is -0.134. The van der Waals surface area contributed by atoms with Gasteiger partial charge in [-0.1, -0.05) is 18.2 Å². The number of rotatable bonds is 7. The van der Waals surface area contributed by atoms with Crippen molar-refractivity contribution in [2.24, 2.45) is 0 Å². The average molecular weight is 350 g/mol. The molecule has 2 amide bonds. The molecule has 2 atom stereocenters. The number of likely N-dealkylation sites (tertiary alicyclic amines) is 1. The fourth-order valence-corrected chi connectivity index (χ4v) is 3.43. The van der Waals surface area contributed by atoms with Crippen LogP contribution >= 0.6 is 11.8 Å². The molecule has 5 nitrogen and oxygen atoms in total. The molecule has 1 fully saturated rings. The minimum Gasteiger partial charge on any atom is -0.340 e. The molecule has 1 aromatic carbocycles. The monoisotopic (exact) mass is 349 g/mol. The number of piperidine rings is 1. The number of hydrogen-bond donors (Lipinski definition) is 2. The molecule has 0 aromatic heterocycles. The molecule has 1 saturated heterocycles. The van der Waals surface area contributed by atoms with Crippen LogP contribution in [-0.2, 0) is 4.79 Å². The van der Waals surface area contributed by atoms with Crippen molar-refractivity contribution in [1.82, 2.24) is 15.5 Å². The van der Waals surface area contributed by atoms with E-state index in [1.165, 1.54) is 0 Å². The zero-order valence-electron chi connectivity index (χ0n) is 14.5. The first kappa shape index (κ1) is 18.8. The first-order valence-electron chi connectivity index (χ1n) is 8.46. The van der Waals surface area contributed by atoms with Crippen molar-refractivity contribution in [2.45, 2.75) is 31.3 Å². The lowest BCUT2D eigenvalue weighted by atomic mass is 10.0. The van der Waals surface area contributed by atoms with E-state index in [2.05, 4.69) is 10.6 Å². The molecular weight excluding hydrogens is 322 g/mol. The highest BCUT2D eigenvalue weighted by Crippen LogP contribution is 2.13. The van der Waals surface area contributed by atoms with Crippen molar-refractivity contribution < 1.29 is 9.59 Å². The Bertz CT molecular complexity index is 538. The maximum Gasteiger partial charge on any atom is 0.251 e. The van der Waals surface area contributed by atoms with Crippen LogP contribution in [0, 0.1) is 0 Å². The van der Waals surface area contributed by atoms with Gasteiger partial charge in [-0.25, -0.2) is 0 Å². The van der Waals surface area contributed by atoms with Gasteiger partial charge in [-0.15, -0.1) is 0 Å². The second-order valence-corrected chi connectivity index (χ2v) is 7.07. The number of likely N-dealkylation sites (N-methyl/N-ethyl adjacent to an activating group) is 1. The summed E-state index contributed by atoms with van der Waals surface area (Å²) in [5.41, 5.74) is 0.589. The van der Waals surface area contributed by atoms with E-state index >= 15 is 0 Å². The Balaban J connectivity index is 2.03. The lowest BCUT2D eigenvalue weighted by Crippen LogP contribution is -2.54. The summed E-state index contributed by atoms with van der Waals surface area (Å²) in [6.07, 6.45) is 4.75. The largest absolute Gasteiger partial charge is 0.340 e. The number of amides is 2. The van der Waals surface area contributed by atoms with Crippen LogP contribution in [0.25, 0.3) is 0 Å². The zero-order chi connectivity index (χ0) is 17.4. The normalized spacial score (nSPS) is 18.9. The summed E-state index contributed by atoms with van der Waals surface area (Å²) in [5, 5.41) is 6.19. The van der Waals surface area contributed by atoms with E-state index in [4.69, 9.17) is 0 Å². The fourth-order valence-electron chi connectivity index (χ4n) is 2.96. The fraction of sp³-hybridized carbons (Fsp3) is 0.556. The van der Waals surface area contributed by atoms with Gasteiger partial charge in [0.15, 0.2) is 0 Å². The quantitative estimate of drug-likeness (QED) is 0.787. The molecule has 1 heterocycles. The molecule has 1 aromatic rings. The maximum absolute atomic E-state index is 12.9. The van der Waals surface area contributed by atoms with Crippen molar-refractivity contribution >= 4 is 23.6 Å². The number of carbonyl (C=O) groups excluding carboxylic acids is 2. The molecule has 0 bridgehead atoms. The Morgan fingerprint density at radius 3 is 2.75 bits per heavy atom. The molecule has 0 spiro atoms. The Labute approximate surface area is 148 Å². The highest BCUT2D eigenvalue weighted by molar-refractivity contribution is 7.98. The first-order valence-corrected chi connectivity index (χ1v) is 9.86. The third kappa shape index (κ3) is 5.24. The van der Waals surface area contributed by atoms with Gasteiger partial charge < -0.3 is 15.5 Å². The average Bonchev–Trinajstić information content (AvgIpc) is 2.65. The van der Waals surface area contributed by atoms with Gasteiger partial charge in [-0.2, -0.15) is 11.8 Å². The van der Waals surface area contributed by atoms with Crippen LogP contribution in [0.2, 0.25) is 0 Å². The van der Waals surface area contributed by atoms with Crippen molar-refractivity contribution in [1.29, 1.82) is 0 Å². The van der Waals surface area contributed by atoms with Crippen LogP contribution in [0.3, 0.4) is 0 Å². The van der Waals surface area contributed by atoms with Crippen molar-refractivity contribution in [3.8, 4) is 0 Å². The summed E-state index contributed by atoms with van der Waals surface area (Å²) in [7, 11) is 1.93. The molecule has 2 N–H and O–H groups in total. The molecule has 0 aliphatic carbocycles. The molecule has 24 heavy (non-hydrogen) atoms. The summed E-state index contributed by atoms with van der Waals surface area (Å²) >= 11 is 1.69. The lowest BCUT2D eigenvalue weighted by Gasteiger charge is -2.35. The molecule has 1 aliphatic heterocycles. The Morgan fingerprint density at radius 1 is 1.33 bits per heavy atom. The summed E-state index contributed by atoms with van der Waals surface area (Å²) in [4.78, 5) is 27.2. The highest BCUT2D eigenvalue weighted by atomic mass is 32.2. The Kier molecular flexibility index (Phi) is 7.59. The van der Waals surface area contributed by atoms with Crippen LogP contribution < -0.4 is 10.6 Å². The van der Waals surface area contributed by atoms with Crippen molar-refractivity contribution in [2.75, 3.05) is 32.1 Å². The third-order valence-corrected chi connectivity index (χ3v) is 5.04. The van der Waals surface area contributed by atoms with Crippen LogP contribution in [-0.4, -0.2) is 60.9 Å². The molecule has 1 aliphatic rings. The van der Waals surface area contributed by atoms with E-state index in [0.29, 0.717) is 24.6 Å². The summed E-state index contributed by atoms with van der Waals surface area (Å²) in [6, 6.07) is 8.95. The third-order valence-electron chi connectivity index (χ3n) is 4.39. The molecule has 6 heteroatoms. The van der Waals surface area contributed by atoms with Gasteiger partial charge in [0.1, 0.15) is 6.04 Å². The Morgan fingerprint density at radius 2 is 2.08 bits per heavy atom. The predicted octanol–water partition coefficient (Wildman–Crippen LogP) is 1.75. The second kappa shape index (κ2) is 9.69. The van der Waals surface area contributed by atoms with E-state index in [1.807, 2.05) is 36.4 Å². The van der Waals surface area contributed by atoms with Crippen LogP contribution in [0.4, 0.5) is 0 Å². The highest BCUT2D eigenvalue weighted by Gasteiger charge is 2.29. The standard InChI is InChI=1S/C18H27N3O2S/c1-19-15-9-6-11-21(13-15)18(23)16(10-12-24-2)20-17(22)14-7-4-3-5-8-14/h3-5,7-8,15-16,19H,6,9-13H2,1-2H3,(H,20,22). The number of nitrogens with one attached hydrogen (secondary N) is 2. The van der Waals surface area contributed by atoms with Gasteiger partial charge >= 0.3 is 0 Å². The summed E-state index contributed by atoms with van der Waals surface area (Å²) < 4.78 is 0. The second-order valence-electron chi connectivity index (χ2n) is 6.09. The van der Waals surface area contributed by atoms with Crippen LogP contribution in [0.5, 0.6) is 0 Å². The van der Waals surface area contributed by atoms with Gasteiger partial charge in [0, 0.05) is 24.7 Å². The summed E-state index contributed by atoms with van der Waals surface area (Å²) in [6.45, 7) is 1.49. The number of thioether (sulfide) groups is 1. The minimum absolute atomic E-state index is 0.0354. The zero-order valence-corrected chi connectivity index (χ0v) is 15.3. The van der Waals surface area contributed by atoms with Gasteiger partial charge in [-0.05, 0) is 50.5 Å². The van der Waals surface area contributed by atoms with E-state index in [1.54, 1.807) is 23.9 Å². The predicted molar refractivity (Wildman–Crippen MR) is 99.4 cm³/mol. The summed E-state index contributed by atoms with van der Waals surface area (Å²) in [5.74, 6) is 0.694. The van der Waals surface area contributed by atoms with Crippen molar-refractivity contribution in [3.63, 3.8) is 0 Å². The number of carbonyl (C=O) groups is 2. The van der Waals surface area contributed by atoms with E-state index < -0.39 is 6.04 Å². The van der Waals surface area contributed by atoms with Gasteiger partial charge in [-0.3, -0.25) is 9.59 Å². The van der Waals surface area contributed by atoms with Crippen molar-refractivity contribution in [3.05, 3.63) is 35.9 Å². The molecule has 0 radical (unpaired) electrons. The SMILES string of the molecule is CNC1CCCN(C(=O)C(CCSC)NC(=O)c2ccccc2)C1. The van der Waals surface area contributed by atoms with Crippen LogP contribution in [0.1, 0.15) is 29.6 Å². The molecule has 2 unspecified atom stereocenters. The molecule has 0 saturated carbocycles. The number of benzene rings is 1. The topological polar surface area (TPSA) is 61.4 Å². The molecular formula is C18H27N3O2S. The molecule has 132 valence electrons. The maximum atomic E-state index is 12.9. The smallest absolute Gasteiger partial charge is 0.251 e. The molecule has 2 rings (SSSR count). The van der Waals surface area contributed by atoms with Crippen LogP contribution in [0.15, 0.2) is 30.3 Å². The van der Waals surface area contributed by atoms with E-state index in [-0.39, 0.29) is 11.8 Å². The van der Waals surface area contributed by atoms with Gasteiger partial charge in [0.25, 0.3) is 5.91 Å². The van der Waals surface area contributed by atoms with E-state index in [9.17, 15) is 9.59 Å². The first-order chi connectivity index (χ1) is 11.7. The van der Waals surface area contributed by atoms with E-state index in [0.717, 1.165) is 25.1 Å². The Hall–Kier alpha value is -1.53. The number of nitrogens with zero attached hydrogens (tertiary/aromatic N) is 1. The van der Waals surface area contributed by atoms with Gasteiger partial charge in [0.05, 0.1) is 0 Å².